The molecule has 1 aliphatic rings. The standard InChI is InChI=1S/C20H23ClN4O3S2/c1-14-3-4-15(13-18(14)21)19(26)23-20(29)22-16-5-7-17(8-6-16)24-9-11-25(12-10-24)30(2,27)28/h3-8,13H,9-12H2,1-2H3,(H2,22,23,26,29). The molecule has 0 bridgehead atoms. The Labute approximate surface area is 187 Å². The quantitative estimate of drug-likeness (QED) is 0.674. The van der Waals surface area contributed by atoms with Crippen molar-refractivity contribution in [3.05, 3.63) is 58.6 Å². The Kier molecular flexibility index (Phi) is 6.97. The second-order valence-corrected chi connectivity index (χ2v) is 9.87. The van der Waals surface area contributed by atoms with Gasteiger partial charge in [-0.25, -0.2) is 8.42 Å². The highest BCUT2D eigenvalue weighted by Crippen LogP contribution is 2.20. The number of benzene rings is 2. The van der Waals surface area contributed by atoms with Gasteiger partial charge in [-0.15, -0.1) is 0 Å². The first-order chi connectivity index (χ1) is 14.1. The summed E-state index contributed by atoms with van der Waals surface area (Å²) >= 11 is 11.3. The number of thiocarbonyl (C=S) groups is 1. The van der Waals surface area contributed by atoms with E-state index in [1.54, 1.807) is 18.2 Å². The topological polar surface area (TPSA) is 81.8 Å². The zero-order chi connectivity index (χ0) is 21.9. The lowest BCUT2D eigenvalue weighted by Gasteiger charge is -2.34. The molecular weight excluding hydrogens is 444 g/mol. The fourth-order valence-electron chi connectivity index (χ4n) is 3.11. The van der Waals surface area contributed by atoms with Crippen LogP contribution in [0.1, 0.15) is 15.9 Å². The van der Waals surface area contributed by atoms with Crippen LogP contribution in [0, 0.1) is 6.92 Å². The van der Waals surface area contributed by atoms with Gasteiger partial charge >= 0.3 is 0 Å². The normalized spacial score (nSPS) is 15.0. The molecule has 7 nitrogen and oxygen atoms in total. The molecule has 0 spiro atoms. The van der Waals surface area contributed by atoms with Gasteiger partial charge in [-0.05, 0) is 61.1 Å². The van der Waals surface area contributed by atoms with E-state index in [4.69, 9.17) is 23.8 Å². The number of halogens is 1. The molecule has 2 aromatic carbocycles. The summed E-state index contributed by atoms with van der Waals surface area (Å²) in [6.45, 7) is 4.07. The Hall–Kier alpha value is -2.20. The zero-order valence-corrected chi connectivity index (χ0v) is 19.1. The molecular formula is C20H23ClN4O3S2. The SMILES string of the molecule is Cc1ccc(C(=O)NC(=S)Nc2ccc(N3CCN(S(C)(=O)=O)CC3)cc2)cc1Cl. The fourth-order valence-corrected chi connectivity index (χ4v) is 4.32. The highest BCUT2D eigenvalue weighted by atomic mass is 35.5. The number of rotatable bonds is 4. The summed E-state index contributed by atoms with van der Waals surface area (Å²) < 4.78 is 24.7. The molecule has 1 aliphatic heterocycles. The number of amides is 1. The summed E-state index contributed by atoms with van der Waals surface area (Å²) in [6, 6.07) is 12.7. The minimum absolute atomic E-state index is 0.186. The van der Waals surface area contributed by atoms with Crippen LogP contribution in [0.4, 0.5) is 11.4 Å². The van der Waals surface area contributed by atoms with E-state index in [0.29, 0.717) is 36.8 Å². The van der Waals surface area contributed by atoms with Gasteiger partial charge in [-0.1, -0.05) is 17.7 Å². The molecule has 1 heterocycles. The van der Waals surface area contributed by atoms with E-state index in [9.17, 15) is 13.2 Å². The Bertz CT molecular complexity index is 1050. The minimum Gasteiger partial charge on any atom is -0.369 e. The maximum atomic E-state index is 12.3. The van der Waals surface area contributed by atoms with Crippen LogP contribution in [0.15, 0.2) is 42.5 Å². The molecule has 0 aliphatic carbocycles. The van der Waals surface area contributed by atoms with Gasteiger partial charge in [-0.2, -0.15) is 4.31 Å². The predicted octanol–water partition coefficient (Wildman–Crippen LogP) is 2.86. The fraction of sp³-hybridized carbons (Fsp3) is 0.300. The van der Waals surface area contributed by atoms with Crippen LogP contribution in [0.2, 0.25) is 5.02 Å². The van der Waals surface area contributed by atoms with E-state index < -0.39 is 10.0 Å². The number of nitrogens with one attached hydrogen (secondary N) is 2. The number of anilines is 2. The van der Waals surface area contributed by atoms with Crippen LogP contribution in [0.3, 0.4) is 0 Å². The lowest BCUT2D eigenvalue weighted by Crippen LogP contribution is -2.48. The molecule has 2 aromatic rings. The smallest absolute Gasteiger partial charge is 0.257 e. The third-order valence-corrected chi connectivity index (χ3v) is 6.77. The third-order valence-electron chi connectivity index (χ3n) is 4.86. The number of hydrogen-bond acceptors (Lipinski definition) is 5. The van der Waals surface area contributed by atoms with Crippen LogP contribution in [-0.4, -0.2) is 56.2 Å². The van der Waals surface area contributed by atoms with Crippen LogP contribution >= 0.6 is 23.8 Å². The number of carbonyl (C=O) groups is 1. The van der Waals surface area contributed by atoms with Crippen molar-refractivity contribution in [3.8, 4) is 0 Å². The first kappa shape index (κ1) is 22.5. The number of piperazine rings is 1. The molecule has 2 N–H and O–H groups in total. The van der Waals surface area contributed by atoms with Gasteiger partial charge in [0.1, 0.15) is 0 Å². The Morgan fingerprint density at radius 2 is 1.70 bits per heavy atom. The van der Waals surface area contributed by atoms with Crippen molar-refractivity contribution < 1.29 is 13.2 Å². The molecule has 0 atom stereocenters. The summed E-state index contributed by atoms with van der Waals surface area (Å²) in [5.74, 6) is -0.338. The van der Waals surface area contributed by atoms with Crippen molar-refractivity contribution in [2.45, 2.75) is 6.92 Å². The van der Waals surface area contributed by atoms with Gasteiger partial charge in [0.15, 0.2) is 5.11 Å². The van der Waals surface area contributed by atoms with Crippen LogP contribution in [-0.2, 0) is 10.0 Å². The molecule has 10 heteroatoms. The zero-order valence-electron chi connectivity index (χ0n) is 16.7. The molecule has 0 radical (unpaired) electrons. The molecule has 1 amide bonds. The monoisotopic (exact) mass is 466 g/mol. The van der Waals surface area contributed by atoms with Gasteiger partial charge in [-0.3, -0.25) is 10.1 Å². The molecule has 1 fully saturated rings. The van der Waals surface area contributed by atoms with E-state index >= 15 is 0 Å². The highest BCUT2D eigenvalue weighted by molar-refractivity contribution is 7.88. The summed E-state index contributed by atoms with van der Waals surface area (Å²) in [7, 11) is -3.15. The maximum absolute atomic E-state index is 12.3. The van der Waals surface area contributed by atoms with Crippen molar-refractivity contribution in [2.75, 3.05) is 42.7 Å². The lowest BCUT2D eigenvalue weighted by atomic mass is 10.1. The van der Waals surface area contributed by atoms with Crippen molar-refractivity contribution >= 4 is 56.2 Å². The van der Waals surface area contributed by atoms with E-state index in [2.05, 4.69) is 15.5 Å². The first-order valence-corrected chi connectivity index (χ1v) is 12.0. The molecule has 30 heavy (non-hydrogen) atoms. The van der Waals surface area contributed by atoms with Crippen molar-refractivity contribution in [1.29, 1.82) is 0 Å². The molecule has 160 valence electrons. The first-order valence-electron chi connectivity index (χ1n) is 9.32. The van der Waals surface area contributed by atoms with E-state index in [-0.39, 0.29) is 11.0 Å². The second kappa shape index (κ2) is 9.30. The van der Waals surface area contributed by atoms with Gasteiger partial charge < -0.3 is 10.2 Å². The largest absolute Gasteiger partial charge is 0.369 e. The Balaban J connectivity index is 1.54. The van der Waals surface area contributed by atoms with Crippen molar-refractivity contribution in [2.24, 2.45) is 0 Å². The molecule has 1 saturated heterocycles. The molecule has 0 unspecified atom stereocenters. The maximum Gasteiger partial charge on any atom is 0.257 e. The number of carbonyl (C=O) groups excluding carboxylic acids is 1. The van der Waals surface area contributed by atoms with Gasteiger partial charge in [0, 0.05) is 48.1 Å². The highest BCUT2D eigenvalue weighted by Gasteiger charge is 2.23. The van der Waals surface area contributed by atoms with Crippen LogP contribution < -0.4 is 15.5 Å². The number of aryl methyl sites for hydroxylation is 1. The lowest BCUT2D eigenvalue weighted by molar-refractivity contribution is 0.0977. The van der Waals surface area contributed by atoms with Crippen molar-refractivity contribution in [3.63, 3.8) is 0 Å². The number of sulfonamides is 1. The predicted molar refractivity (Wildman–Crippen MR) is 125 cm³/mol. The summed E-state index contributed by atoms with van der Waals surface area (Å²) in [6.07, 6.45) is 1.23. The van der Waals surface area contributed by atoms with E-state index in [1.807, 2.05) is 31.2 Å². The Morgan fingerprint density at radius 3 is 2.27 bits per heavy atom. The number of hydrogen-bond donors (Lipinski definition) is 2. The second-order valence-electron chi connectivity index (χ2n) is 7.07. The minimum atomic E-state index is -3.15. The van der Waals surface area contributed by atoms with Gasteiger partial charge in [0.05, 0.1) is 6.26 Å². The van der Waals surface area contributed by atoms with E-state index in [0.717, 1.165) is 16.9 Å². The van der Waals surface area contributed by atoms with Crippen LogP contribution in [0.25, 0.3) is 0 Å². The van der Waals surface area contributed by atoms with Gasteiger partial charge in [0.25, 0.3) is 5.91 Å². The van der Waals surface area contributed by atoms with E-state index in [1.165, 1.54) is 10.6 Å². The summed E-state index contributed by atoms with van der Waals surface area (Å²) in [4.78, 5) is 14.4. The summed E-state index contributed by atoms with van der Waals surface area (Å²) in [5, 5.41) is 6.33. The number of nitrogens with zero attached hydrogens (tertiary/aromatic N) is 2. The van der Waals surface area contributed by atoms with Crippen molar-refractivity contribution in [1.82, 2.24) is 9.62 Å². The van der Waals surface area contributed by atoms with Gasteiger partial charge in [0.2, 0.25) is 10.0 Å². The third kappa shape index (κ3) is 5.69. The average Bonchev–Trinajstić information content (AvgIpc) is 2.70. The average molecular weight is 467 g/mol. The molecule has 0 saturated carbocycles. The summed E-state index contributed by atoms with van der Waals surface area (Å²) in [5.41, 5.74) is 3.06. The molecule has 3 rings (SSSR count). The van der Waals surface area contributed by atoms with Crippen LogP contribution in [0.5, 0.6) is 0 Å². The Morgan fingerprint density at radius 1 is 1.07 bits per heavy atom. The molecule has 0 aromatic heterocycles.